The van der Waals surface area contributed by atoms with Gasteiger partial charge in [0, 0.05) is 19.6 Å². The smallest absolute Gasteiger partial charge is 0.227 e. The molecular formula is C12H21N3O2. The fourth-order valence-electron chi connectivity index (χ4n) is 2.78. The fraction of sp³-hybridized carbons (Fsp3) is 0.833. The average Bonchev–Trinajstić information content (AvgIpc) is 2.74. The van der Waals surface area contributed by atoms with Crippen LogP contribution in [0.15, 0.2) is 0 Å². The number of hydrogen-bond donors (Lipinski definition) is 2. The topological polar surface area (TPSA) is 75.4 Å². The second-order valence-electron chi connectivity index (χ2n) is 5.27. The molecule has 0 aromatic rings. The summed E-state index contributed by atoms with van der Waals surface area (Å²) in [6.07, 6.45) is 1.70. The number of nitrogens with two attached hydrogens (primary N) is 1. The number of nitrogens with one attached hydrogen (secondary N) is 1. The highest BCUT2D eigenvalue weighted by Crippen LogP contribution is 2.23. The van der Waals surface area contributed by atoms with Crippen LogP contribution in [0.2, 0.25) is 0 Å². The molecule has 0 saturated carbocycles. The van der Waals surface area contributed by atoms with Crippen molar-refractivity contribution in [3.8, 4) is 0 Å². The number of rotatable bonds is 2. The molecule has 2 aliphatic rings. The van der Waals surface area contributed by atoms with Crippen molar-refractivity contribution in [3.63, 3.8) is 0 Å². The molecule has 0 aliphatic carbocycles. The first-order valence-corrected chi connectivity index (χ1v) is 6.38. The summed E-state index contributed by atoms with van der Waals surface area (Å²) in [6, 6.07) is 0. The highest BCUT2D eigenvalue weighted by Gasteiger charge is 2.35. The monoisotopic (exact) mass is 239 g/mol. The number of piperidine rings is 1. The summed E-state index contributed by atoms with van der Waals surface area (Å²) < 4.78 is 0. The van der Waals surface area contributed by atoms with Crippen molar-refractivity contribution in [1.82, 2.24) is 10.2 Å². The zero-order valence-corrected chi connectivity index (χ0v) is 10.3. The molecular weight excluding hydrogens is 218 g/mol. The summed E-state index contributed by atoms with van der Waals surface area (Å²) in [7, 11) is 0. The third-order valence-corrected chi connectivity index (χ3v) is 3.97. The fourth-order valence-corrected chi connectivity index (χ4v) is 2.78. The number of amides is 2. The molecule has 0 radical (unpaired) electrons. The summed E-state index contributed by atoms with van der Waals surface area (Å²) in [6.45, 7) is 5.04. The predicted octanol–water partition coefficient (Wildman–Crippen LogP) is -0.434. The lowest BCUT2D eigenvalue weighted by atomic mass is 9.93. The van der Waals surface area contributed by atoms with Gasteiger partial charge < -0.3 is 16.0 Å². The summed E-state index contributed by atoms with van der Waals surface area (Å²) in [5, 5.41) is 3.24. The molecule has 0 aromatic carbocycles. The van der Waals surface area contributed by atoms with E-state index in [4.69, 9.17) is 5.73 Å². The average molecular weight is 239 g/mol. The number of carbonyl (C=O) groups excluding carboxylic acids is 2. The minimum absolute atomic E-state index is 0.0710. The van der Waals surface area contributed by atoms with E-state index in [1.807, 2.05) is 4.90 Å². The molecule has 5 heteroatoms. The van der Waals surface area contributed by atoms with Crippen LogP contribution < -0.4 is 11.1 Å². The van der Waals surface area contributed by atoms with Crippen LogP contribution in [-0.4, -0.2) is 42.9 Å². The number of likely N-dealkylation sites (tertiary alicyclic amines) is 1. The number of carbonyl (C=O) groups is 2. The minimum Gasteiger partial charge on any atom is -0.369 e. The molecule has 2 aliphatic heterocycles. The normalized spacial score (nSPS) is 33.7. The van der Waals surface area contributed by atoms with Gasteiger partial charge in [-0.1, -0.05) is 6.92 Å². The summed E-state index contributed by atoms with van der Waals surface area (Å²) in [5.41, 5.74) is 5.32. The zero-order valence-electron chi connectivity index (χ0n) is 10.3. The van der Waals surface area contributed by atoms with Gasteiger partial charge in [-0.2, -0.15) is 0 Å². The van der Waals surface area contributed by atoms with Crippen molar-refractivity contribution in [2.45, 2.75) is 19.8 Å². The maximum absolute atomic E-state index is 12.3. The van der Waals surface area contributed by atoms with Gasteiger partial charge in [0.25, 0.3) is 0 Å². The van der Waals surface area contributed by atoms with Gasteiger partial charge in [0.2, 0.25) is 11.8 Å². The molecule has 2 heterocycles. The first kappa shape index (κ1) is 12.4. The van der Waals surface area contributed by atoms with Gasteiger partial charge in [0.05, 0.1) is 11.8 Å². The molecule has 2 fully saturated rings. The van der Waals surface area contributed by atoms with Crippen molar-refractivity contribution in [1.29, 1.82) is 0 Å². The van der Waals surface area contributed by atoms with Gasteiger partial charge in [-0.05, 0) is 25.3 Å². The maximum Gasteiger partial charge on any atom is 0.227 e. The Labute approximate surface area is 102 Å². The van der Waals surface area contributed by atoms with Crippen LogP contribution >= 0.6 is 0 Å². The highest BCUT2D eigenvalue weighted by molar-refractivity contribution is 5.82. The molecule has 0 aromatic heterocycles. The van der Waals surface area contributed by atoms with Gasteiger partial charge in [-0.3, -0.25) is 9.59 Å². The van der Waals surface area contributed by atoms with Crippen LogP contribution in [-0.2, 0) is 9.59 Å². The molecule has 2 rings (SSSR count). The van der Waals surface area contributed by atoms with Crippen LogP contribution in [0.4, 0.5) is 0 Å². The van der Waals surface area contributed by atoms with E-state index < -0.39 is 0 Å². The molecule has 0 spiro atoms. The van der Waals surface area contributed by atoms with Gasteiger partial charge in [0.1, 0.15) is 0 Å². The first-order chi connectivity index (χ1) is 8.09. The van der Waals surface area contributed by atoms with E-state index in [9.17, 15) is 9.59 Å². The predicted molar refractivity (Wildman–Crippen MR) is 64.0 cm³/mol. The Morgan fingerprint density at radius 2 is 2.12 bits per heavy atom. The molecule has 1 unspecified atom stereocenters. The van der Waals surface area contributed by atoms with Crippen LogP contribution in [0.3, 0.4) is 0 Å². The maximum atomic E-state index is 12.3. The number of hydrogen-bond acceptors (Lipinski definition) is 3. The van der Waals surface area contributed by atoms with Crippen LogP contribution in [0.5, 0.6) is 0 Å². The Morgan fingerprint density at radius 1 is 1.35 bits per heavy atom. The van der Waals surface area contributed by atoms with Gasteiger partial charge >= 0.3 is 0 Å². The van der Waals surface area contributed by atoms with Crippen LogP contribution in [0, 0.1) is 17.8 Å². The Kier molecular flexibility index (Phi) is 3.66. The van der Waals surface area contributed by atoms with Crippen LogP contribution in [0.1, 0.15) is 19.8 Å². The van der Waals surface area contributed by atoms with E-state index in [2.05, 4.69) is 12.2 Å². The molecule has 5 nitrogen and oxygen atoms in total. The van der Waals surface area contributed by atoms with E-state index in [1.54, 1.807) is 0 Å². The van der Waals surface area contributed by atoms with E-state index in [1.165, 1.54) is 0 Å². The van der Waals surface area contributed by atoms with Crippen molar-refractivity contribution in [2.75, 3.05) is 26.2 Å². The lowest BCUT2D eigenvalue weighted by molar-refractivity contribution is -0.139. The molecule has 3 N–H and O–H groups in total. The van der Waals surface area contributed by atoms with E-state index in [0.29, 0.717) is 12.5 Å². The Bertz CT molecular complexity index is 319. The van der Waals surface area contributed by atoms with Crippen molar-refractivity contribution in [3.05, 3.63) is 0 Å². The highest BCUT2D eigenvalue weighted by atomic mass is 16.2. The molecule has 0 bridgehead atoms. The molecule has 96 valence electrons. The quantitative estimate of drug-likeness (QED) is 0.686. The summed E-state index contributed by atoms with van der Waals surface area (Å²) in [4.78, 5) is 25.3. The summed E-state index contributed by atoms with van der Waals surface area (Å²) >= 11 is 0. The van der Waals surface area contributed by atoms with E-state index in [0.717, 1.165) is 32.5 Å². The second-order valence-corrected chi connectivity index (χ2v) is 5.27. The summed E-state index contributed by atoms with van der Waals surface area (Å²) in [5.74, 6) is 0.212. The number of nitrogens with zero attached hydrogens (tertiary/aromatic N) is 1. The third-order valence-electron chi connectivity index (χ3n) is 3.97. The van der Waals surface area contributed by atoms with E-state index >= 15 is 0 Å². The van der Waals surface area contributed by atoms with Crippen molar-refractivity contribution in [2.24, 2.45) is 23.5 Å². The first-order valence-electron chi connectivity index (χ1n) is 6.38. The largest absolute Gasteiger partial charge is 0.369 e. The molecule has 2 saturated heterocycles. The van der Waals surface area contributed by atoms with E-state index in [-0.39, 0.29) is 23.7 Å². The minimum atomic E-state index is -0.278. The van der Waals surface area contributed by atoms with Gasteiger partial charge in [-0.25, -0.2) is 0 Å². The molecule has 3 atom stereocenters. The second kappa shape index (κ2) is 5.04. The Balaban J connectivity index is 1.97. The van der Waals surface area contributed by atoms with Crippen molar-refractivity contribution < 1.29 is 9.59 Å². The lowest BCUT2D eigenvalue weighted by Crippen LogP contribution is -2.47. The molecule has 17 heavy (non-hydrogen) atoms. The Hall–Kier alpha value is -1.10. The molecule has 2 amide bonds. The van der Waals surface area contributed by atoms with Crippen molar-refractivity contribution >= 4 is 11.8 Å². The number of primary amides is 1. The standard InChI is InChI=1S/C12H21N3O2/c1-8-5-14-6-10(8)12(17)15-4-2-3-9(7-15)11(13)16/h8-10,14H,2-7H2,1H3,(H2,13,16)/t8-,9?,10-/m1/s1. The SMILES string of the molecule is C[C@@H]1CNC[C@H]1C(=O)N1CCCC(C(N)=O)C1. The Morgan fingerprint density at radius 3 is 2.71 bits per heavy atom. The van der Waals surface area contributed by atoms with Crippen LogP contribution in [0.25, 0.3) is 0 Å². The zero-order chi connectivity index (χ0) is 12.4. The lowest BCUT2D eigenvalue weighted by Gasteiger charge is -2.33. The van der Waals surface area contributed by atoms with Gasteiger partial charge in [0.15, 0.2) is 0 Å². The van der Waals surface area contributed by atoms with Gasteiger partial charge in [-0.15, -0.1) is 0 Å². The third kappa shape index (κ3) is 2.60.